The summed E-state index contributed by atoms with van der Waals surface area (Å²) in [5, 5.41) is 30.6. The first-order valence-corrected chi connectivity index (χ1v) is 16.6. The van der Waals surface area contributed by atoms with Gasteiger partial charge in [0, 0.05) is 61.8 Å². The fourth-order valence-corrected chi connectivity index (χ4v) is 4.84. The topological polar surface area (TPSA) is 178 Å². The van der Waals surface area contributed by atoms with Crippen LogP contribution in [0, 0.1) is 0 Å². The minimum Gasteiger partial charge on any atom is -0.394 e. The average molecular weight is 677 g/mol. The van der Waals surface area contributed by atoms with Crippen LogP contribution in [-0.2, 0) is 28.4 Å². The summed E-state index contributed by atoms with van der Waals surface area (Å²) < 4.78 is 32.2. The molecule has 0 heterocycles. The first kappa shape index (κ1) is 39.4. The summed E-state index contributed by atoms with van der Waals surface area (Å²) in [5.74, 6) is -0.348. The van der Waals surface area contributed by atoms with Crippen molar-refractivity contribution in [3.8, 4) is 0 Å². The number of anilines is 2. The Morgan fingerprint density at radius 1 is 0.438 bits per heavy atom. The van der Waals surface area contributed by atoms with Crippen LogP contribution in [0.15, 0.2) is 36.4 Å². The highest BCUT2D eigenvalue weighted by molar-refractivity contribution is 6.31. The van der Waals surface area contributed by atoms with Crippen LogP contribution in [0.25, 0.3) is 0 Å². The van der Waals surface area contributed by atoms with Gasteiger partial charge in [-0.25, -0.2) is 0 Å². The molecule has 48 heavy (non-hydrogen) atoms. The van der Waals surface area contributed by atoms with Gasteiger partial charge in [-0.1, -0.05) is 24.3 Å². The summed E-state index contributed by atoms with van der Waals surface area (Å²) in [6, 6.07) is 10.6. The molecule has 6 N–H and O–H groups in total. The Morgan fingerprint density at radius 2 is 0.792 bits per heavy atom. The smallest absolute Gasteiger partial charge is 0.196 e. The van der Waals surface area contributed by atoms with Crippen LogP contribution < -0.4 is 21.3 Å². The van der Waals surface area contributed by atoms with Gasteiger partial charge in [-0.3, -0.25) is 9.59 Å². The van der Waals surface area contributed by atoms with Crippen LogP contribution in [0.1, 0.15) is 31.8 Å². The van der Waals surface area contributed by atoms with E-state index in [1.807, 2.05) is 12.1 Å². The maximum absolute atomic E-state index is 13.6. The molecular weight excluding hydrogens is 624 g/mol. The first-order chi connectivity index (χ1) is 23.7. The van der Waals surface area contributed by atoms with Gasteiger partial charge < -0.3 is 59.9 Å². The van der Waals surface area contributed by atoms with Gasteiger partial charge in [-0.2, -0.15) is 0 Å². The molecular formula is C34H52N4O10. The average Bonchev–Trinajstić information content (AvgIpc) is 3.11. The molecule has 1 aliphatic rings. The van der Waals surface area contributed by atoms with E-state index in [-0.39, 0.29) is 24.8 Å². The lowest BCUT2D eigenvalue weighted by Crippen LogP contribution is -2.29. The van der Waals surface area contributed by atoms with Gasteiger partial charge in [0.15, 0.2) is 11.6 Å². The van der Waals surface area contributed by atoms with E-state index >= 15 is 0 Å². The van der Waals surface area contributed by atoms with Gasteiger partial charge in [0.1, 0.15) is 0 Å². The molecule has 0 radical (unpaired) electrons. The minimum atomic E-state index is -0.174. The number of benzene rings is 2. The number of nitrogens with one attached hydrogen (secondary N) is 4. The Labute approximate surface area is 282 Å². The number of hydrogen-bond donors (Lipinski definition) is 6. The Balaban J connectivity index is 1.38. The van der Waals surface area contributed by atoms with E-state index in [4.69, 9.17) is 38.6 Å². The van der Waals surface area contributed by atoms with Crippen molar-refractivity contribution in [2.24, 2.45) is 0 Å². The van der Waals surface area contributed by atoms with E-state index in [0.29, 0.717) is 152 Å². The summed E-state index contributed by atoms with van der Waals surface area (Å²) >= 11 is 0. The summed E-state index contributed by atoms with van der Waals surface area (Å²) in [7, 11) is 0. The molecule has 2 aromatic carbocycles. The molecule has 14 heteroatoms. The highest BCUT2D eigenvalue weighted by Gasteiger charge is 2.33. The Hall–Kier alpha value is -3.02. The highest BCUT2D eigenvalue weighted by Crippen LogP contribution is 2.36. The zero-order chi connectivity index (χ0) is 34.1. The van der Waals surface area contributed by atoms with Crippen molar-refractivity contribution in [1.82, 2.24) is 10.6 Å². The molecule has 0 unspecified atom stereocenters. The van der Waals surface area contributed by atoms with Crippen LogP contribution in [0.4, 0.5) is 11.4 Å². The van der Waals surface area contributed by atoms with E-state index < -0.39 is 0 Å². The normalized spacial score (nSPS) is 12.3. The SMILES string of the molecule is O=C1c2ccccc2C(=O)c2c(NCCNCCOCCOCCOCCO)ccc(NCCNCCOCCOCCOCCO)c21. The molecule has 2 aromatic rings. The van der Waals surface area contributed by atoms with Crippen molar-refractivity contribution in [3.05, 3.63) is 58.7 Å². The molecule has 0 fully saturated rings. The third-order valence-corrected chi connectivity index (χ3v) is 7.12. The molecule has 0 spiro atoms. The molecule has 268 valence electrons. The lowest BCUT2D eigenvalue weighted by Gasteiger charge is -2.24. The molecule has 0 aliphatic heterocycles. The van der Waals surface area contributed by atoms with Crippen LogP contribution in [0.5, 0.6) is 0 Å². The van der Waals surface area contributed by atoms with Crippen molar-refractivity contribution < 1.29 is 48.2 Å². The number of carbonyl (C=O) groups is 2. The molecule has 3 rings (SSSR count). The predicted molar refractivity (Wildman–Crippen MR) is 182 cm³/mol. The molecule has 0 bridgehead atoms. The number of ether oxygens (including phenoxy) is 6. The van der Waals surface area contributed by atoms with Crippen LogP contribution in [-0.4, -0.2) is 154 Å². The van der Waals surface area contributed by atoms with Crippen molar-refractivity contribution in [1.29, 1.82) is 0 Å². The fourth-order valence-electron chi connectivity index (χ4n) is 4.84. The summed E-state index contributed by atoms with van der Waals surface area (Å²) in [6.45, 7) is 9.12. The van der Waals surface area contributed by atoms with E-state index in [1.54, 1.807) is 24.3 Å². The van der Waals surface area contributed by atoms with Crippen molar-refractivity contribution in [3.63, 3.8) is 0 Å². The molecule has 0 atom stereocenters. The molecule has 0 amide bonds. The maximum Gasteiger partial charge on any atom is 0.196 e. The molecule has 1 aliphatic carbocycles. The van der Waals surface area contributed by atoms with Crippen LogP contribution >= 0.6 is 0 Å². The molecule has 14 nitrogen and oxygen atoms in total. The van der Waals surface area contributed by atoms with E-state index in [1.165, 1.54) is 0 Å². The van der Waals surface area contributed by atoms with Gasteiger partial charge in [0.05, 0.1) is 104 Å². The van der Waals surface area contributed by atoms with E-state index in [0.717, 1.165) is 0 Å². The van der Waals surface area contributed by atoms with Gasteiger partial charge in [0.2, 0.25) is 0 Å². The zero-order valence-electron chi connectivity index (χ0n) is 27.8. The maximum atomic E-state index is 13.6. The number of hydrogen-bond acceptors (Lipinski definition) is 14. The number of rotatable bonds is 30. The minimum absolute atomic E-state index is 0.00492. The lowest BCUT2D eigenvalue weighted by molar-refractivity contribution is 0.00824. The monoisotopic (exact) mass is 676 g/mol. The zero-order valence-corrected chi connectivity index (χ0v) is 27.8. The number of carbonyl (C=O) groups excluding carboxylic acids is 2. The van der Waals surface area contributed by atoms with Crippen molar-refractivity contribution in [2.75, 3.05) is 142 Å². The van der Waals surface area contributed by atoms with Crippen LogP contribution in [0.2, 0.25) is 0 Å². The Morgan fingerprint density at radius 3 is 1.17 bits per heavy atom. The molecule has 0 aromatic heterocycles. The lowest BCUT2D eigenvalue weighted by atomic mass is 9.82. The first-order valence-electron chi connectivity index (χ1n) is 16.6. The summed E-state index contributed by atoms with van der Waals surface area (Å²) in [5.41, 5.74) is 2.84. The predicted octanol–water partition coefficient (Wildman–Crippen LogP) is 0.549. The quantitative estimate of drug-likeness (QED) is 0.0540. The third kappa shape index (κ3) is 14.2. The summed E-state index contributed by atoms with van der Waals surface area (Å²) in [4.78, 5) is 27.3. The highest BCUT2D eigenvalue weighted by atomic mass is 16.6. The van der Waals surface area contributed by atoms with Gasteiger partial charge in [-0.15, -0.1) is 0 Å². The van der Waals surface area contributed by atoms with E-state index in [2.05, 4.69) is 21.3 Å². The van der Waals surface area contributed by atoms with Crippen molar-refractivity contribution in [2.45, 2.75) is 0 Å². The second-order valence-corrected chi connectivity index (χ2v) is 10.6. The molecule has 0 saturated carbocycles. The largest absolute Gasteiger partial charge is 0.394 e. The fraction of sp³-hybridized carbons (Fsp3) is 0.588. The Bertz CT molecular complexity index is 1110. The van der Waals surface area contributed by atoms with E-state index in [9.17, 15) is 9.59 Å². The number of ketones is 2. The van der Waals surface area contributed by atoms with Gasteiger partial charge >= 0.3 is 0 Å². The standard InChI is InChI=1S/C34H52N4O10/c39-13-17-45-21-25-47-23-19-43-15-11-35-7-9-37-29-5-6-30(32-31(29)33(41)27-3-1-2-4-28(27)34(32)42)38-10-8-36-12-16-44-20-24-48-26-22-46-18-14-40/h1-6,35-40H,7-26H2. The second kappa shape index (κ2) is 25.0. The number of aliphatic hydroxyl groups excluding tert-OH is 2. The number of aliphatic hydroxyl groups is 2. The second-order valence-electron chi connectivity index (χ2n) is 10.6. The number of fused-ring (bicyclic) bond motifs is 2. The van der Waals surface area contributed by atoms with Gasteiger partial charge in [0.25, 0.3) is 0 Å². The molecule has 0 saturated heterocycles. The van der Waals surface area contributed by atoms with Crippen molar-refractivity contribution >= 4 is 22.9 Å². The third-order valence-electron chi connectivity index (χ3n) is 7.12. The Kier molecular flexibility index (Phi) is 20.5. The van der Waals surface area contributed by atoms with Crippen LogP contribution in [0.3, 0.4) is 0 Å². The summed E-state index contributed by atoms with van der Waals surface area (Å²) in [6.07, 6.45) is 0. The van der Waals surface area contributed by atoms with Gasteiger partial charge in [-0.05, 0) is 12.1 Å².